The Labute approximate surface area is 751 Å². The molecule has 0 saturated carbocycles. The van der Waals surface area contributed by atoms with E-state index in [-0.39, 0.29) is 260 Å². The van der Waals surface area contributed by atoms with Crippen LogP contribution in [0.3, 0.4) is 0 Å². The van der Waals surface area contributed by atoms with Gasteiger partial charge in [-0.1, -0.05) is 12.1 Å². The zero-order valence-corrected chi connectivity index (χ0v) is 74.9. The van der Waals surface area contributed by atoms with Gasteiger partial charge in [-0.2, -0.15) is 0 Å². The smallest absolute Gasteiger partial charge is 0.407 e. The van der Waals surface area contributed by atoms with Crippen LogP contribution in [0.15, 0.2) is 36.4 Å². The molecule has 130 heavy (non-hydrogen) atoms. The van der Waals surface area contributed by atoms with E-state index in [1.54, 1.807) is 36.4 Å². The van der Waals surface area contributed by atoms with Gasteiger partial charge in [-0.25, -0.2) is 4.79 Å². The first kappa shape index (κ1) is 109. The summed E-state index contributed by atoms with van der Waals surface area (Å²) in [5.41, 5.74) is 1.09. The van der Waals surface area contributed by atoms with Gasteiger partial charge < -0.3 is 153 Å². The third-order valence-electron chi connectivity index (χ3n) is 18.1. The molecule has 2 aromatic rings. The molecule has 0 aromatic heterocycles. The van der Waals surface area contributed by atoms with E-state index in [0.717, 1.165) is 18.7 Å². The number of benzene rings is 2. The van der Waals surface area contributed by atoms with Crippen LogP contribution in [0.5, 0.6) is 17.2 Å². The zero-order valence-electron chi connectivity index (χ0n) is 74.9. The molecule has 46 nitrogen and oxygen atoms in total. The number of nitrogens with one attached hydrogen (secondary N) is 2. The number of esters is 9. The molecule has 13 atom stereocenters. The number of alkyl carbamates (subject to hydrolysis) is 1. The molecule has 4 aliphatic rings. The van der Waals surface area contributed by atoms with Crippen LogP contribution in [0.1, 0.15) is 108 Å². The van der Waals surface area contributed by atoms with Gasteiger partial charge in [0.15, 0.2) is 54.8 Å². The Morgan fingerprint density at radius 2 is 0.700 bits per heavy atom. The van der Waals surface area contributed by atoms with E-state index in [1.807, 2.05) is 0 Å². The third kappa shape index (κ3) is 43.5. The standard InChI is InChI=1S/C84H123N3O43/c1-53(88)86-75-80(127-62(10)97)79(126-61(9)96)72(52-120-56(4)91)130-83(75)117-44-38-111-32-26-104-22-28-107-34-40-113-67-46-63(49-121-84(100)85-15-17-101-19-20-102-18-16-87-81(98)64-13-11-12-14-65(64)82(87)99)45-66(112-39-33-106-27-21-103-23-29-108-35-41-114-73-47-68(122-57(5)92)77(124-59(7)94)70(128-73)50-118-54(2)89)76(67)116-43-37-110-31-25-105-24-30-109-36-42-115-74-48-69(123-58(6)93)78(125-60(8)95)71(129-74)51-119-55(3)90/h11-14,45-46,68-75,77-80,83H,15-44,47-52H2,1-10H3,(H,85,100)(H,86,88). The van der Waals surface area contributed by atoms with Gasteiger partial charge in [-0.3, -0.25) is 62.4 Å². The SMILES string of the molecule is CC(=O)NC1C(OCCOCCOCCOCCOc2cc(COC(=O)NCCOCCOCCN3C(=O)c4ccccc4C3=O)cc(OCCOCCOCCOCCOC3CC(OC(C)=O)C(OC(C)=O)C(COC(C)=O)O3)c2OCCOCCOCCOCCOC2CC(OC(C)=O)C(OC(C)=O)C(COC(C)=O)O2)OC(COC(C)=O)C(OC(C)=O)C1OC(C)=O. The minimum absolute atomic E-state index is 0.00433. The van der Waals surface area contributed by atoms with Crippen molar-refractivity contribution in [1.29, 1.82) is 0 Å². The molecule has 0 radical (unpaired) electrons. The fraction of sp³-hybridized carbons (Fsp3) is 0.702. The van der Waals surface area contributed by atoms with E-state index < -0.39 is 152 Å². The number of ether oxygens (including phenoxy) is 30. The summed E-state index contributed by atoms with van der Waals surface area (Å²) < 4.78 is 171. The number of fused-ring (bicyclic) bond motifs is 1. The fourth-order valence-electron chi connectivity index (χ4n) is 12.8. The molecule has 732 valence electrons. The zero-order chi connectivity index (χ0) is 94.4. The van der Waals surface area contributed by atoms with Crippen LogP contribution in [0, 0.1) is 0 Å². The average molecular weight is 1860 g/mol. The van der Waals surface area contributed by atoms with Gasteiger partial charge in [-0.15, -0.1) is 0 Å². The molecule has 0 spiro atoms. The highest BCUT2D eigenvalue weighted by Crippen LogP contribution is 2.40. The van der Waals surface area contributed by atoms with Gasteiger partial charge >= 0.3 is 59.8 Å². The van der Waals surface area contributed by atoms with E-state index in [4.69, 9.17) is 142 Å². The van der Waals surface area contributed by atoms with Crippen LogP contribution in [0.25, 0.3) is 0 Å². The maximum absolute atomic E-state index is 13.1. The Morgan fingerprint density at radius 1 is 0.362 bits per heavy atom. The van der Waals surface area contributed by atoms with Crippen LogP contribution in [-0.2, 0) is 182 Å². The van der Waals surface area contributed by atoms with Crippen LogP contribution in [0.2, 0.25) is 0 Å². The summed E-state index contributed by atoms with van der Waals surface area (Å²) in [5, 5.41) is 5.27. The quantitative estimate of drug-likeness (QED) is 0.0408. The second-order valence-corrected chi connectivity index (χ2v) is 28.6. The van der Waals surface area contributed by atoms with E-state index >= 15 is 0 Å². The number of hydrogen-bond donors (Lipinski definition) is 2. The van der Waals surface area contributed by atoms with Crippen molar-refractivity contribution in [2.75, 3.05) is 218 Å². The molecule has 4 heterocycles. The van der Waals surface area contributed by atoms with Gasteiger partial charge in [0.25, 0.3) is 11.8 Å². The van der Waals surface area contributed by atoms with Crippen molar-refractivity contribution in [3.8, 4) is 17.2 Å². The van der Waals surface area contributed by atoms with Crippen molar-refractivity contribution in [3.05, 3.63) is 53.1 Å². The predicted octanol–water partition coefficient (Wildman–Crippen LogP) is 1.32. The second kappa shape index (κ2) is 62.6. The van der Waals surface area contributed by atoms with E-state index in [0.29, 0.717) is 16.7 Å². The lowest BCUT2D eigenvalue weighted by atomic mass is 9.96. The summed E-state index contributed by atoms with van der Waals surface area (Å²) in [4.78, 5) is 159. The number of carbonyl (C=O) groups excluding carboxylic acids is 13. The number of nitrogens with zero attached hydrogens (tertiary/aromatic N) is 1. The highest BCUT2D eigenvalue weighted by molar-refractivity contribution is 6.21. The monoisotopic (exact) mass is 1860 g/mol. The molecule has 3 saturated heterocycles. The Kier molecular flexibility index (Phi) is 52.5. The summed E-state index contributed by atoms with van der Waals surface area (Å²) in [6.07, 6.45) is -13.7. The van der Waals surface area contributed by atoms with Crippen molar-refractivity contribution in [2.24, 2.45) is 0 Å². The lowest BCUT2D eigenvalue weighted by Gasteiger charge is -2.44. The molecule has 2 N–H and O–H groups in total. The Balaban J connectivity index is 1.01. The van der Waals surface area contributed by atoms with E-state index in [9.17, 15) is 62.3 Å². The van der Waals surface area contributed by atoms with Crippen molar-refractivity contribution in [3.63, 3.8) is 0 Å². The number of carbonyl (C=O) groups is 13. The van der Waals surface area contributed by atoms with Crippen molar-refractivity contribution in [2.45, 2.75) is 169 Å². The highest BCUT2D eigenvalue weighted by Gasteiger charge is 2.52. The Morgan fingerprint density at radius 3 is 1.08 bits per heavy atom. The van der Waals surface area contributed by atoms with Crippen LogP contribution in [0.4, 0.5) is 4.79 Å². The summed E-state index contributed by atoms with van der Waals surface area (Å²) in [6.45, 7) is 13.2. The Bertz CT molecular complexity index is 3760. The molecule has 13 unspecified atom stereocenters. The molecule has 0 bridgehead atoms. The van der Waals surface area contributed by atoms with Crippen molar-refractivity contribution in [1.82, 2.24) is 15.5 Å². The van der Waals surface area contributed by atoms with E-state index in [1.165, 1.54) is 55.4 Å². The molecule has 46 heteroatoms. The molecule has 6 rings (SSSR count). The lowest BCUT2D eigenvalue weighted by Crippen LogP contribution is -2.66. The largest absolute Gasteiger partial charge is 0.487 e. The van der Waals surface area contributed by atoms with Crippen LogP contribution in [-0.4, -0.2) is 380 Å². The first-order valence-electron chi connectivity index (χ1n) is 42.3. The van der Waals surface area contributed by atoms with Gasteiger partial charge in [-0.05, 0) is 29.8 Å². The molecule has 3 fully saturated rings. The fourth-order valence-corrected chi connectivity index (χ4v) is 12.8. The third-order valence-corrected chi connectivity index (χ3v) is 18.1. The molecule has 2 aromatic carbocycles. The summed E-state index contributed by atoms with van der Waals surface area (Å²) in [5.74, 6) is -6.80. The van der Waals surface area contributed by atoms with Crippen molar-refractivity contribution < 1.29 is 204 Å². The van der Waals surface area contributed by atoms with Gasteiger partial charge in [0.2, 0.25) is 11.7 Å². The van der Waals surface area contributed by atoms with Crippen molar-refractivity contribution >= 4 is 77.5 Å². The number of amides is 4. The average Bonchev–Trinajstić information content (AvgIpc) is 1.21. The summed E-state index contributed by atoms with van der Waals surface area (Å²) in [6, 6.07) is 8.60. The topological polar surface area (TPSA) is 526 Å². The lowest BCUT2D eigenvalue weighted by molar-refractivity contribution is -0.279. The first-order chi connectivity index (χ1) is 62.6. The highest BCUT2D eigenvalue weighted by atomic mass is 16.7. The molecule has 4 amide bonds. The van der Waals surface area contributed by atoms with Crippen LogP contribution >= 0.6 is 0 Å². The minimum Gasteiger partial charge on any atom is -0.487 e. The van der Waals surface area contributed by atoms with E-state index in [2.05, 4.69) is 10.6 Å². The molecule has 4 aliphatic heterocycles. The van der Waals surface area contributed by atoms with Gasteiger partial charge in [0.05, 0.1) is 183 Å². The number of hydrogen-bond acceptors (Lipinski definition) is 43. The van der Waals surface area contributed by atoms with Crippen LogP contribution < -0.4 is 24.8 Å². The summed E-state index contributed by atoms with van der Waals surface area (Å²) >= 11 is 0. The maximum Gasteiger partial charge on any atom is 0.407 e. The molecular weight excluding hydrogens is 1740 g/mol. The number of imide groups is 1. The Hall–Kier alpha value is -9.73. The van der Waals surface area contributed by atoms with Gasteiger partial charge in [0, 0.05) is 88.6 Å². The predicted molar refractivity (Wildman–Crippen MR) is 436 cm³/mol. The minimum atomic E-state index is -1.30. The number of rotatable bonds is 66. The second-order valence-electron chi connectivity index (χ2n) is 28.6. The molecular formula is C84H123N3O43. The first-order valence-corrected chi connectivity index (χ1v) is 42.3. The molecule has 0 aliphatic carbocycles. The summed E-state index contributed by atoms with van der Waals surface area (Å²) in [7, 11) is 0. The maximum atomic E-state index is 13.1. The van der Waals surface area contributed by atoms with Gasteiger partial charge in [0.1, 0.15) is 82.8 Å². The normalized spacial score (nSPS) is 21.1.